The van der Waals surface area contributed by atoms with Crippen LogP contribution in [-0.2, 0) is 7.05 Å². The quantitative estimate of drug-likeness (QED) is 0.584. The molecule has 0 aliphatic carbocycles. The SMILES string of the molecule is Cc1cc2c(Cl)c(-n3c(C(F)F)nn(C)c3=S)cc(Cl)c2o1. The molecular weight excluding hydrogens is 355 g/mol. The molecule has 116 valence electrons. The highest BCUT2D eigenvalue weighted by Gasteiger charge is 2.23. The zero-order valence-corrected chi connectivity index (χ0v) is 13.7. The van der Waals surface area contributed by atoms with Gasteiger partial charge in [0.05, 0.1) is 15.7 Å². The first kappa shape index (κ1) is 15.5. The van der Waals surface area contributed by atoms with Gasteiger partial charge in [0.15, 0.2) is 5.58 Å². The lowest BCUT2D eigenvalue weighted by Gasteiger charge is -2.09. The van der Waals surface area contributed by atoms with Gasteiger partial charge in [-0.15, -0.1) is 0 Å². The Labute approximate surface area is 138 Å². The van der Waals surface area contributed by atoms with Crippen molar-refractivity contribution in [2.45, 2.75) is 13.3 Å². The van der Waals surface area contributed by atoms with Gasteiger partial charge in [0.25, 0.3) is 6.43 Å². The predicted molar refractivity (Wildman–Crippen MR) is 82.9 cm³/mol. The molecule has 1 aromatic carbocycles. The molecule has 0 bridgehead atoms. The van der Waals surface area contributed by atoms with Crippen LogP contribution in [0.25, 0.3) is 16.7 Å². The predicted octanol–water partition coefficient (Wildman–Crippen LogP) is 5.24. The summed E-state index contributed by atoms with van der Waals surface area (Å²) in [5.41, 5.74) is 0.648. The normalized spacial score (nSPS) is 11.8. The second-order valence-electron chi connectivity index (χ2n) is 4.69. The Balaban J connectivity index is 2.41. The maximum atomic E-state index is 13.2. The Morgan fingerprint density at radius 2 is 2.00 bits per heavy atom. The van der Waals surface area contributed by atoms with Crippen LogP contribution in [0.3, 0.4) is 0 Å². The van der Waals surface area contributed by atoms with Crippen molar-refractivity contribution in [3.05, 3.63) is 38.5 Å². The van der Waals surface area contributed by atoms with E-state index in [-0.39, 0.29) is 20.5 Å². The first-order valence-electron chi connectivity index (χ1n) is 6.14. The van der Waals surface area contributed by atoms with Crippen LogP contribution >= 0.6 is 35.4 Å². The average molecular weight is 364 g/mol. The molecule has 4 nitrogen and oxygen atoms in total. The number of rotatable bonds is 2. The van der Waals surface area contributed by atoms with Crippen LogP contribution < -0.4 is 0 Å². The third kappa shape index (κ3) is 2.24. The van der Waals surface area contributed by atoms with Gasteiger partial charge in [0.2, 0.25) is 10.6 Å². The fourth-order valence-electron chi connectivity index (χ4n) is 2.26. The molecule has 0 radical (unpaired) electrons. The highest BCUT2D eigenvalue weighted by molar-refractivity contribution is 7.71. The molecule has 3 aromatic rings. The number of hydrogen-bond acceptors (Lipinski definition) is 3. The third-order valence-corrected chi connectivity index (χ3v) is 4.31. The number of alkyl halides is 2. The molecule has 0 fully saturated rings. The van der Waals surface area contributed by atoms with E-state index in [1.54, 1.807) is 13.0 Å². The van der Waals surface area contributed by atoms with E-state index in [1.807, 2.05) is 0 Å². The molecule has 0 saturated carbocycles. The molecule has 0 saturated heterocycles. The van der Waals surface area contributed by atoms with Crippen molar-refractivity contribution in [3.8, 4) is 5.69 Å². The molecule has 0 atom stereocenters. The number of benzene rings is 1. The standard InChI is InChI=1S/C13H9Cl2F2N3OS/c1-5-3-6-9(15)8(4-7(14)10(6)21-5)20-12(11(16)17)18-19(2)13(20)22/h3-4,11H,1-2H3. The smallest absolute Gasteiger partial charge is 0.297 e. The van der Waals surface area contributed by atoms with Crippen LogP contribution in [0, 0.1) is 11.7 Å². The van der Waals surface area contributed by atoms with Crippen LogP contribution in [0.2, 0.25) is 10.0 Å². The Morgan fingerprint density at radius 1 is 1.32 bits per heavy atom. The number of aryl methyl sites for hydroxylation is 2. The summed E-state index contributed by atoms with van der Waals surface area (Å²) in [4.78, 5) is 0. The number of fused-ring (bicyclic) bond motifs is 1. The number of aromatic nitrogens is 3. The summed E-state index contributed by atoms with van der Waals surface area (Å²) in [5, 5.41) is 4.76. The van der Waals surface area contributed by atoms with Crippen molar-refractivity contribution >= 4 is 46.4 Å². The van der Waals surface area contributed by atoms with Gasteiger partial charge in [-0.3, -0.25) is 4.57 Å². The molecule has 9 heteroatoms. The van der Waals surface area contributed by atoms with Crippen molar-refractivity contribution in [3.63, 3.8) is 0 Å². The monoisotopic (exact) mass is 363 g/mol. The summed E-state index contributed by atoms with van der Waals surface area (Å²) in [6.45, 7) is 1.74. The second kappa shape index (κ2) is 5.33. The summed E-state index contributed by atoms with van der Waals surface area (Å²) in [6, 6.07) is 3.13. The minimum Gasteiger partial charge on any atom is -0.460 e. The van der Waals surface area contributed by atoms with E-state index in [4.69, 9.17) is 39.8 Å². The zero-order valence-electron chi connectivity index (χ0n) is 11.4. The lowest BCUT2D eigenvalue weighted by Crippen LogP contribution is -2.03. The first-order valence-corrected chi connectivity index (χ1v) is 7.30. The topological polar surface area (TPSA) is 35.9 Å². The molecule has 0 unspecified atom stereocenters. The van der Waals surface area contributed by atoms with Crippen molar-refractivity contribution in [1.82, 2.24) is 14.3 Å². The maximum Gasteiger partial charge on any atom is 0.297 e. The molecule has 0 aliphatic rings. The van der Waals surface area contributed by atoms with Gasteiger partial charge in [0, 0.05) is 12.4 Å². The van der Waals surface area contributed by atoms with Crippen molar-refractivity contribution in [2.24, 2.45) is 7.05 Å². The Morgan fingerprint density at radius 3 is 2.64 bits per heavy atom. The molecular formula is C13H9Cl2F2N3OS. The highest BCUT2D eigenvalue weighted by atomic mass is 35.5. The van der Waals surface area contributed by atoms with E-state index in [2.05, 4.69) is 5.10 Å². The molecule has 0 aliphatic heterocycles. The van der Waals surface area contributed by atoms with E-state index in [0.29, 0.717) is 16.7 Å². The number of nitrogens with zero attached hydrogens (tertiary/aromatic N) is 3. The summed E-state index contributed by atoms with van der Waals surface area (Å²) >= 11 is 17.7. The molecule has 2 aromatic heterocycles. The summed E-state index contributed by atoms with van der Waals surface area (Å²) < 4.78 is 34.3. The van der Waals surface area contributed by atoms with Gasteiger partial charge < -0.3 is 4.42 Å². The maximum absolute atomic E-state index is 13.2. The summed E-state index contributed by atoms with van der Waals surface area (Å²) in [6.07, 6.45) is -2.81. The summed E-state index contributed by atoms with van der Waals surface area (Å²) in [7, 11) is 1.49. The molecule has 0 N–H and O–H groups in total. The van der Waals surface area contributed by atoms with E-state index in [0.717, 1.165) is 4.57 Å². The van der Waals surface area contributed by atoms with E-state index in [1.165, 1.54) is 17.8 Å². The van der Waals surface area contributed by atoms with Gasteiger partial charge in [-0.05, 0) is 31.3 Å². The molecule has 0 amide bonds. The fraction of sp³-hybridized carbons (Fsp3) is 0.231. The Kier molecular flexibility index (Phi) is 3.74. The van der Waals surface area contributed by atoms with Crippen molar-refractivity contribution in [1.29, 1.82) is 0 Å². The van der Waals surface area contributed by atoms with Gasteiger partial charge in [-0.25, -0.2) is 13.5 Å². The number of halogens is 4. The van der Waals surface area contributed by atoms with E-state index >= 15 is 0 Å². The van der Waals surface area contributed by atoms with Crippen molar-refractivity contribution in [2.75, 3.05) is 0 Å². The fourth-order valence-corrected chi connectivity index (χ4v) is 3.01. The van der Waals surface area contributed by atoms with Gasteiger partial charge >= 0.3 is 0 Å². The van der Waals surface area contributed by atoms with Crippen LogP contribution in [0.15, 0.2) is 16.5 Å². The minimum absolute atomic E-state index is 0.0906. The van der Waals surface area contributed by atoms with Gasteiger partial charge in [-0.2, -0.15) is 5.10 Å². The molecule has 2 heterocycles. The lowest BCUT2D eigenvalue weighted by molar-refractivity contribution is 0.137. The second-order valence-corrected chi connectivity index (χ2v) is 5.84. The molecule has 0 spiro atoms. The van der Waals surface area contributed by atoms with Gasteiger partial charge in [-0.1, -0.05) is 23.2 Å². The van der Waals surface area contributed by atoms with E-state index < -0.39 is 12.2 Å². The summed E-state index contributed by atoms with van der Waals surface area (Å²) in [5.74, 6) is 0.116. The van der Waals surface area contributed by atoms with Crippen molar-refractivity contribution < 1.29 is 13.2 Å². The Hall–Kier alpha value is -1.44. The largest absolute Gasteiger partial charge is 0.460 e. The van der Waals surface area contributed by atoms with E-state index in [9.17, 15) is 8.78 Å². The molecule has 22 heavy (non-hydrogen) atoms. The van der Waals surface area contributed by atoms with Crippen LogP contribution in [0.4, 0.5) is 8.78 Å². The highest BCUT2D eigenvalue weighted by Crippen LogP contribution is 2.38. The average Bonchev–Trinajstić information content (AvgIpc) is 2.97. The minimum atomic E-state index is -2.81. The number of furan rings is 1. The molecule has 3 rings (SSSR count). The van der Waals surface area contributed by atoms with Crippen LogP contribution in [-0.4, -0.2) is 14.3 Å². The van der Waals surface area contributed by atoms with Gasteiger partial charge in [0.1, 0.15) is 5.76 Å². The van der Waals surface area contributed by atoms with Crippen LogP contribution in [0.5, 0.6) is 0 Å². The zero-order chi connectivity index (χ0) is 16.2. The Bertz CT molecular complexity index is 945. The number of hydrogen-bond donors (Lipinski definition) is 0. The first-order chi connectivity index (χ1) is 10.3. The lowest BCUT2D eigenvalue weighted by atomic mass is 10.2. The third-order valence-electron chi connectivity index (χ3n) is 3.18. The van der Waals surface area contributed by atoms with Crippen LogP contribution in [0.1, 0.15) is 18.0 Å².